The Labute approximate surface area is 120 Å². The maximum atomic E-state index is 14.1. The van der Waals surface area contributed by atoms with Gasteiger partial charge in [0.25, 0.3) is 0 Å². The van der Waals surface area contributed by atoms with E-state index in [1.807, 2.05) is 6.07 Å². The van der Waals surface area contributed by atoms with E-state index in [4.69, 9.17) is 5.73 Å². The van der Waals surface area contributed by atoms with Crippen molar-refractivity contribution < 1.29 is 4.39 Å². The van der Waals surface area contributed by atoms with Gasteiger partial charge in [-0.25, -0.2) is 4.39 Å². The Kier molecular flexibility index (Phi) is 3.94. The Morgan fingerprint density at radius 1 is 1.42 bits per heavy atom. The number of halogens is 2. The van der Waals surface area contributed by atoms with E-state index in [1.165, 1.54) is 6.07 Å². The van der Waals surface area contributed by atoms with Gasteiger partial charge in [0.05, 0.1) is 0 Å². The van der Waals surface area contributed by atoms with Crippen LogP contribution in [0.15, 0.2) is 22.7 Å². The maximum Gasteiger partial charge on any atom is 0.133 e. The minimum atomic E-state index is -0.294. The number of nitrogen functional groups attached to an aromatic ring is 1. The standard InChI is InChI=1S/C14H17BrFN3/c1-8(2)6-11-13(18-19(3)14(11)17)10-5-4-9(15)7-12(10)16/h4-5,7-8H,6,17H2,1-3H3. The minimum Gasteiger partial charge on any atom is -0.384 e. The van der Waals surface area contributed by atoms with Gasteiger partial charge in [-0.1, -0.05) is 29.8 Å². The van der Waals surface area contributed by atoms with Crippen molar-refractivity contribution >= 4 is 21.7 Å². The summed E-state index contributed by atoms with van der Waals surface area (Å²) in [7, 11) is 1.78. The van der Waals surface area contributed by atoms with E-state index in [9.17, 15) is 4.39 Å². The Bertz CT molecular complexity index is 605. The van der Waals surface area contributed by atoms with Crippen LogP contribution in [0.25, 0.3) is 11.3 Å². The van der Waals surface area contributed by atoms with Crippen LogP contribution in [0.5, 0.6) is 0 Å². The summed E-state index contributed by atoms with van der Waals surface area (Å²) in [6.07, 6.45) is 0.782. The van der Waals surface area contributed by atoms with Crippen LogP contribution >= 0.6 is 15.9 Å². The molecule has 0 atom stereocenters. The van der Waals surface area contributed by atoms with Crippen LogP contribution in [0, 0.1) is 11.7 Å². The molecule has 0 fully saturated rings. The minimum absolute atomic E-state index is 0.294. The van der Waals surface area contributed by atoms with Gasteiger partial charge in [-0.3, -0.25) is 4.68 Å². The van der Waals surface area contributed by atoms with Crippen LogP contribution in [0.2, 0.25) is 0 Å². The van der Waals surface area contributed by atoms with Gasteiger partial charge in [-0.2, -0.15) is 5.10 Å². The van der Waals surface area contributed by atoms with E-state index >= 15 is 0 Å². The van der Waals surface area contributed by atoms with Crippen molar-refractivity contribution in [3.8, 4) is 11.3 Å². The van der Waals surface area contributed by atoms with Gasteiger partial charge in [-0.05, 0) is 30.5 Å². The Balaban J connectivity index is 2.58. The first-order valence-corrected chi connectivity index (χ1v) is 6.96. The lowest BCUT2D eigenvalue weighted by molar-refractivity contribution is 0.627. The summed E-state index contributed by atoms with van der Waals surface area (Å²) in [5, 5.41) is 4.36. The number of anilines is 1. The van der Waals surface area contributed by atoms with E-state index in [0.29, 0.717) is 27.5 Å². The average Bonchev–Trinajstić information content (AvgIpc) is 2.57. The first kappa shape index (κ1) is 14.1. The largest absolute Gasteiger partial charge is 0.384 e. The second-order valence-electron chi connectivity index (χ2n) is 5.06. The quantitative estimate of drug-likeness (QED) is 0.933. The van der Waals surface area contributed by atoms with Crippen LogP contribution < -0.4 is 5.73 Å². The third-order valence-corrected chi connectivity index (χ3v) is 3.49. The monoisotopic (exact) mass is 325 g/mol. The zero-order chi connectivity index (χ0) is 14.2. The number of nitrogens with zero attached hydrogens (tertiary/aromatic N) is 2. The van der Waals surface area contributed by atoms with Crippen molar-refractivity contribution in [3.63, 3.8) is 0 Å². The number of aryl methyl sites for hydroxylation is 1. The van der Waals surface area contributed by atoms with Crippen molar-refractivity contribution in [1.82, 2.24) is 9.78 Å². The molecule has 5 heteroatoms. The molecule has 0 amide bonds. The molecule has 0 unspecified atom stereocenters. The van der Waals surface area contributed by atoms with Crippen LogP contribution in [-0.4, -0.2) is 9.78 Å². The Hall–Kier alpha value is -1.36. The number of hydrogen-bond donors (Lipinski definition) is 1. The van der Waals surface area contributed by atoms with Gasteiger partial charge in [0.2, 0.25) is 0 Å². The third kappa shape index (κ3) is 2.81. The Morgan fingerprint density at radius 2 is 2.11 bits per heavy atom. The molecule has 2 rings (SSSR count). The Morgan fingerprint density at radius 3 is 2.68 bits per heavy atom. The first-order valence-electron chi connectivity index (χ1n) is 6.17. The van der Waals surface area contributed by atoms with E-state index in [2.05, 4.69) is 34.9 Å². The maximum absolute atomic E-state index is 14.1. The molecule has 19 heavy (non-hydrogen) atoms. The fraction of sp³-hybridized carbons (Fsp3) is 0.357. The zero-order valence-electron chi connectivity index (χ0n) is 11.2. The summed E-state index contributed by atoms with van der Waals surface area (Å²) in [6.45, 7) is 4.21. The van der Waals surface area contributed by atoms with Crippen LogP contribution in [-0.2, 0) is 13.5 Å². The second kappa shape index (κ2) is 5.33. The molecular weight excluding hydrogens is 309 g/mol. The van der Waals surface area contributed by atoms with Crippen molar-refractivity contribution in [2.45, 2.75) is 20.3 Å². The van der Waals surface area contributed by atoms with Crippen LogP contribution in [0.3, 0.4) is 0 Å². The summed E-state index contributed by atoms with van der Waals surface area (Å²) in [5.41, 5.74) is 8.08. The van der Waals surface area contributed by atoms with Gasteiger partial charge >= 0.3 is 0 Å². The molecule has 0 saturated heterocycles. The summed E-state index contributed by atoms with van der Waals surface area (Å²) in [4.78, 5) is 0. The van der Waals surface area contributed by atoms with Crippen molar-refractivity contribution in [2.24, 2.45) is 13.0 Å². The lowest BCUT2D eigenvalue weighted by atomic mass is 9.99. The molecular formula is C14H17BrFN3. The molecule has 1 aromatic carbocycles. The predicted molar refractivity (Wildman–Crippen MR) is 79.3 cm³/mol. The summed E-state index contributed by atoms with van der Waals surface area (Å²) < 4.78 is 16.4. The molecule has 0 saturated carbocycles. The number of aromatic nitrogens is 2. The average molecular weight is 326 g/mol. The van der Waals surface area contributed by atoms with Crippen molar-refractivity contribution in [1.29, 1.82) is 0 Å². The van der Waals surface area contributed by atoms with Crippen molar-refractivity contribution in [3.05, 3.63) is 34.1 Å². The van der Waals surface area contributed by atoms with E-state index in [-0.39, 0.29) is 5.82 Å². The highest BCUT2D eigenvalue weighted by molar-refractivity contribution is 9.10. The fourth-order valence-electron chi connectivity index (χ4n) is 2.09. The van der Waals surface area contributed by atoms with Crippen molar-refractivity contribution in [2.75, 3.05) is 5.73 Å². The van der Waals surface area contributed by atoms with Crippen LogP contribution in [0.4, 0.5) is 10.2 Å². The SMILES string of the molecule is CC(C)Cc1c(-c2ccc(Br)cc2F)nn(C)c1N. The van der Waals surface area contributed by atoms with E-state index in [1.54, 1.807) is 17.8 Å². The van der Waals surface area contributed by atoms with Gasteiger partial charge in [0.15, 0.2) is 0 Å². The predicted octanol–water partition coefficient (Wildman–Crippen LogP) is 3.77. The number of rotatable bonds is 3. The molecule has 0 radical (unpaired) electrons. The molecule has 0 bridgehead atoms. The second-order valence-corrected chi connectivity index (χ2v) is 5.97. The first-order chi connectivity index (χ1) is 8.90. The number of benzene rings is 1. The summed E-state index contributed by atoms with van der Waals surface area (Å²) in [6, 6.07) is 4.98. The molecule has 1 aromatic heterocycles. The molecule has 2 aromatic rings. The highest BCUT2D eigenvalue weighted by Crippen LogP contribution is 2.31. The molecule has 2 N–H and O–H groups in total. The van der Waals surface area contributed by atoms with Crippen LogP contribution in [0.1, 0.15) is 19.4 Å². The summed E-state index contributed by atoms with van der Waals surface area (Å²) >= 11 is 3.26. The molecule has 0 aliphatic heterocycles. The lowest BCUT2D eigenvalue weighted by Gasteiger charge is -2.07. The van der Waals surface area contributed by atoms with E-state index < -0.39 is 0 Å². The highest BCUT2D eigenvalue weighted by atomic mass is 79.9. The fourth-order valence-corrected chi connectivity index (χ4v) is 2.42. The van der Waals surface area contributed by atoms with Gasteiger partial charge in [-0.15, -0.1) is 0 Å². The lowest BCUT2D eigenvalue weighted by Crippen LogP contribution is -2.02. The van der Waals surface area contributed by atoms with Gasteiger partial charge in [0.1, 0.15) is 17.3 Å². The highest BCUT2D eigenvalue weighted by Gasteiger charge is 2.19. The molecule has 1 heterocycles. The topological polar surface area (TPSA) is 43.8 Å². The smallest absolute Gasteiger partial charge is 0.133 e. The number of nitrogens with two attached hydrogens (primary N) is 1. The molecule has 0 aliphatic rings. The van der Waals surface area contributed by atoms with Gasteiger partial charge in [0, 0.05) is 22.6 Å². The molecule has 3 nitrogen and oxygen atoms in total. The third-order valence-electron chi connectivity index (χ3n) is 2.99. The normalized spacial score (nSPS) is 11.3. The summed E-state index contributed by atoms with van der Waals surface area (Å²) in [5.74, 6) is 0.743. The molecule has 0 spiro atoms. The molecule has 0 aliphatic carbocycles. The number of hydrogen-bond acceptors (Lipinski definition) is 2. The van der Waals surface area contributed by atoms with Gasteiger partial charge < -0.3 is 5.73 Å². The van der Waals surface area contributed by atoms with E-state index in [0.717, 1.165) is 12.0 Å². The molecule has 102 valence electrons. The zero-order valence-corrected chi connectivity index (χ0v) is 12.8.